The molecule has 4 rings (SSSR count). The van der Waals surface area contributed by atoms with Crippen LogP contribution in [0.25, 0.3) is 0 Å². The molecule has 0 radical (unpaired) electrons. The second-order valence-corrected chi connectivity index (χ2v) is 12.4. The van der Waals surface area contributed by atoms with E-state index in [9.17, 15) is 27.9 Å². The highest BCUT2D eigenvalue weighted by Crippen LogP contribution is 2.54. The zero-order chi connectivity index (χ0) is 29.1. The monoisotopic (exact) mass is 682 g/mol. The summed E-state index contributed by atoms with van der Waals surface area (Å²) in [7, 11) is 0. The van der Waals surface area contributed by atoms with Gasteiger partial charge in [0.2, 0.25) is 11.8 Å². The highest BCUT2D eigenvalue weighted by molar-refractivity contribution is 14.1. The fourth-order valence-corrected chi connectivity index (χ4v) is 7.27. The van der Waals surface area contributed by atoms with Crippen molar-refractivity contribution in [2.45, 2.75) is 61.7 Å². The number of hydrogen-bond donors (Lipinski definition) is 2. The molecule has 3 aromatic carbocycles. The average molecular weight is 683 g/mol. The van der Waals surface area contributed by atoms with Crippen LogP contribution >= 0.6 is 34.4 Å². The molecule has 0 unspecified atom stereocenters. The summed E-state index contributed by atoms with van der Waals surface area (Å²) in [6.07, 6.45) is -4.10. The fourth-order valence-electron chi connectivity index (χ4n) is 4.97. The molecular formula is C30H30F3IN2O3S. The molecule has 2 atom stereocenters. The Hall–Kier alpha value is -2.57. The van der Waals surface area contributed by atoms with Gasteiger partial charge in [0, 0.05) is 21.6 Å². The predicted molar refractivity (Wildman–Crippen MR) is 158 cm³/mol. The lowest BCUT2D eigenvalue weighted by atomic mass is 9.90. The number of alkyl halides is 3. The lowest BCUT2D eigenvalue weighted by Gasteiger charge is -2.37. The number of likely N-dealkylation sites (tertiary alicyclic amines) is 1. The van der Waals surface area contributed by atoms with Crippen molar-refractivity contribution in [1.29, 1.82) is 0 Å². The molecule has 1 fully saturated rings. The first-order chi connectivity index (χ1) is 19.0. The van der Waals surface area contributed by atoms with E-state index in [-0.39, 0.29) is 31.0 Å². The van der Waals surface area contributed by atoms with Crippen molar-refractivity contribution >= 4 is 46.2 Å². The largest absolute Gasteiger partial charge is 0.416 e. The van der Waals surface area contributed by atoms with Crippen molar-refractivity contribution in [2.24, 2.45) is 0 Å². The van der Waals surface area contributed by atoms with Crippen molar-refractivity contribution in [2.75, 3.05) is 6.54 Å². The first-order valence-electron chi connectivity index (χ1n) is 12.9. The quantitative estimate of drug-likeness (QED) is 0.249. The van der Waals surface area contributed by atoms with Crippen LogP contribution in [0.3, 0.4) is 0 Å². The molecule has 0 saturated carbocycles. The number of thioether (sulfide) groups is 1. The van der Waals surface area contributed by atoms with Crippen molar-refractivity contribution < 1.29 is 27.9 Å². The van der Waals surface area contributed by atoms with Crippen molar-refractivity contribution in [3.05, 3.63) is 98.1 Å². The first-order valence-corrected chi connectivity index (χ1v) is 14.8. The topological polar surface area (TPSA) is 69.6 Å². The molecule has 0 bridgehead atoms. The van der Waals surface area contributed by atoms with Gasteiger partial charge in [0.25, 0.3) is 0 Å². The Bertz CT molecular complexity index is 1380. The summed E-state index contributed by atoms with van der Waals surface area (Å²) in [5.41, 5.74) is 1.47. The van der Waals surface area contributed by atoms with Crippen LogP contribution < -0.4 is 5.32 Å². The molecule has 40 heavy (non-hydrogen) atoms. The zero-order valence-corrected chi connectivity index (χ0v) is 25.1. The van der Waals surface area contributed by atoms with Gasteiger partial charge >= 0.3 is 6.18 Å². The van der Waals surface area contributed by atoms with E-state index in [0.29, 0.717) is 27.7 Å². The second kappa shape index (κ2) is 12.5. The van der Waals surface area contributed by atoms with Crippen LogP contribution in [0.5, 0.6) is 0 Å². The molecule has 0 aromatic heterocycles. The molecule has 1 heterocycles. The molecule has 1 aliphatic rings. The number of benzene rings is 3. The van der Waals surface area contributed by atoms with Gasteiger partial charge in [-0.2, -0.15) is 13.2 Å². The summed E-state index contributed by atoms with van der Waals surface area (Å²) in [4.78, 5) is 30.0. The van der Waals surface area contributed by atoms with E-state index < -0.39 is 28.4 Å². The van der Waals surface area contributed by atoms with E-state index in [1.165, 1.54) is 34.9 Å². The number of aliphatic hydroxyl groups is 1. The lowest BCUT2D eigenvalue weighted by molar-refractivity contribution is -0.139. The van der Waals surface area contributed by atoms with Gasteiger partial charge in [0.05, 0.1) is 24.6 Å². The minimum atomic E-state index is -4.60. The van der Waals surface area contributed by atoms with Crippen molar-refractivity contribution in [3.8, 4) is 0 Å². The Kier molecular flexibility index (Phi) is 9.51. The number of hydrogen-bond acceptors (Lipinski definition) is 4. The minimum absolute atomic E-state index is 0.0413. The van der Waals surface area contributed by atoms with E-state index in [1.54, 1.807) is 18.2 Å². The number of carbonyl (C=O) groups is 2. The lowest BCUT2D eigenvalue weighted by Crippen LogP contribution is -2.48. The molecule has 0 spiro atoms. The summed E-state index contributed by atoms with van der Waals surface area (Å²) in [5.74, 6) is -0.748. The van der Waals surface area contributed by atoms with Crippen molar-refractivity contribution in [3.63, 3.8) is 0 Å². The van der Waals surface area contributed by atoms with Crippen LogP contribution in [0.15, 0.2) is 71.6 Å². The fraction of sp³-hybridized carbons (Fsp3) is 0.333. The highest BCUT2D eigenvalue weighted by Gasteiger charge is 2.58. The number of halogens is 4. The first kappa shape index (κ1) is 30.4. The van der Waals surface area contributed by atoms with Gasteiger partial charge in [-0.3, -0.25) is 9.59 Å². The Labute approximate surface area is 249 Å². The summed E-state index contributed by atoms with van der Waals surface area (Å²) < 4.78 is 41.1. The van der Waals surface area contributed by atoms with Crippen LogP contribution in [0, 0.1) is 10.5 Å². The van der Waals surface area contributed by atoms with Crippen LogP contribution in [-0.4, -0.2) is 33.1 Å². The van der Waals surface area contributed by atoms with Crippen molar-refractivity contribution in [1.82, 2.24) is 10.2 Å². The minimum Gasteiger partial charge on any atom is -0.392 e. The third-order valence-electron chi connectivity index (χ3n) is 6.93. The van der Waals surface area contributed by atoms with Crippen LogP contribution in [0.2, 0.25) is 0 Å². The molecule has 1 aliphatic heterocycles. The number of carbonyl (C=O) groups excluding carboxylic acids is 2. The third-order valence-corrected chi connectivity index (χ3v) is 9.29. The van der Waals surface area contributed by atoms with E-state index in [4.69, 9.17) is 0 Å². The maximum absolute atomic E-state index is 14.1. The van der Waals surface area contributed by atoms with Gasteiger partial charge in [0.15, 0.2) is 0 Å². The highest BCUT2D eigenvalue weighted by atomic mass is 127. The molecule has 10 heteroatoms. The van der Waals surface area contributed by atoms with Gasteiger partial charge in [-0.05, 0) is 76.9 Å². The Morgan fingerprint density at radius 1 is 1.15 bits per heavy atom. The number of nitrogens with zero attached hydrogens (tertiary/aromatic N) is 1. The maximum atomic E-state index is 14.1. The van der Waals surface area contributed by atoms with E-state index in [1.807, 2.05) is 38.1 Å². The molecule has 212 valence electrons. The maximum Gasteiger partial charge on any atom is 0.416 e. The SMILES string of the molecule is CCCNC(=O)[C@@]1(Sc2ccc(C)cc2)CC(=O)N(Cc2ccccc2C(F)(F)F)[C@@H]1c1ccc(CO)cc1I. The molecule has 1 saturated heterocycles. The standard InChI is InChI=1S/C30H30F3IN2O3S/c1-3-14-35-28(39)29(40-22-11-8-19(2)9-12-22)16-26(38)36(17-21-6-4-5-7-24(21)30(31,32)33)27(29)23-13-10-20(18-37)15-25(23)34/h4-13,15,27,37H,3,14,16-18H2,1-2H3,(H,35,39)/t27-,29-/m1/s1. The normalized spacial score (nSPS) is 19.2. The Morgan fingerprint density at radius 3 is 2.48 bits per heavy atom. The molecule has 5 nitrogen and oxygen atoms in total. The molecular weight excluding hydrogens is 652 g/mol. The summed E-state index contributed by atoms with van der Waals surface area (Å²) in [5, 5.41) is 12.6. The summed E-state index contributed by atoms with van der Waals surface area (Å²) in [6, 6.07) is 17.2. The third kappa shape index (κ3) is 6.33. The number of rotatable bonds is 9. The van der Waals surface area contributed by atoms with Gasteiger partial charge in [-0.15, -0.1) is 11.8 Å². The molecule has 2 N–H and O–H groups in total. The summed E-state index contributed by atoms with van der Waals surface area (Å²) >= 11 is 3.37. The van der Waals surface area contributed by atoms with Crippen LogP contribution in [-0.2, 0) is 28.9 Å². The molecule has 3 aromatic rings. The van der Waals surface area contributed by atoms with Crippen LogP contribution in [0.4, 0.5) is 13.2 Å². The van der Waals surface area contributed by atoms with E-state index in [0.717, 1.165) is 16.5 Å². The van der Waals surface area contributed by atoms with E-state index in [2.05, 4.69) is 27.9 Å². The average Bonchev–Trinajstić information content (AvgIpc) is 3.19. The van der Waals surface area contributed by atoms with Gasteiger partial charge in [-0.25, -0.2) is 0 Å². The van der Waals surface area contributed by atoms with Gasteiger partial charge < -0.3 is 15.3 Å². The zero-order valence-electron chi connectivity index (χ0n) is 22.1. The predicted octanol–water partition coefficient (Wildman–Crippen LogP) is 6.64. The second-order valence-electron chi connectivity index (χ2n) is 9.83. The van der Waals surface area contributed by atoms with Gasteiger partial charge in [-0.1, -0.05) is 55.0 Å². The molecule has 0 aliphatic carbocycles. The Balaban J connectivity index is 1.91. The molecule has 2 amide bonds. The number of aryl methyl sites for hydroxylation is 1. The summed E-state index contributed by atoms with van der Waals surface area (Å²) in [6.45, 7) is 3.77. The number of aliphatic hydroxyl groups excluding tert-OH is 1. The Morgan fingerprint density at radius 2 is 1.85 bits per heavy atom. The van der Waals surface area contributed by atoms with E-state index >= 15 is 0 Å². The smallest absolute Gasteiger partial charge is 0.392 e. The number of amides is 2. The van der Waals surface area contributed by atoms with Crippen LogP contribution in [0.1, 0.15) is 53.6 Å². The number of nitrogens with one attached hydrogen (secondary N) is 1. The van der Waals surface area contributed by atoms with Gasteiger partial charge in [0.1, 0.15) is 4.75 Å².